The molecule has 1 aliphatic heterocycles. The van der Waals surface area contributed by atoms with E-state index >= 15 is 0 Å². The van der Waals surface area contributed by atoms with Crippen molar-refractivity contribution in [2.24, 2.45) is 0 Å². The van der Waals surface area contributed by atoms with Gasteiger partial charge in [0.1, 0.15) is 0 Å². The maximum absolute atomic E-state index is 13.7. The summed E-state index contributed by atoms with van der Waals surface area (Å²) in [5.41, 5.74) is 3.51. The third-order valence-corrected chi connectivity index (χ3v) is 8.04. The number of hydrogen-bond donors (Lipinski definition) is 0. The molecule has 0 amide bonds. The first-order chi connectivity index (χ1) is 16.4. The number of aryl methyl sites for hydroxylation is 1. The Morgan fingerprint density at radius 2 is 1.71 bits per heavy atom. The lowest BCUT2D eigenvalue weighted by molar-refractivity contribution is 0.342. The number of hydrogen-bond acceptors (Lipinski definition) is 6. The Kier molecular flexibility index (Phi) is 5.93. The van der Waals surface area contributed by atoms with Gasteiger partial charge < -0.3 is 9.42 Å². The van der Waals surface area contributed by atoms with Crippen molar-refractivity contribution in [1.29, 1.82) is 0 Å². The van der Waals surface area contributed by atoms with Crippen molar-refractivity contribution in [1.82, 2.24) is 14.4 Å². The number of aromatic nitrogens is 2. The fourth-order valence-electron chi connectivity index (χ4n) is 4.38. The Bertz CT molecular complexity index is 1400. The van der Waals surface area contributed by atoms with Gasteiger partial charge in [-0.05, 0) is 43.7 Å². The smallest absolute Gasteiger partial charge is 0.259 e. The molecule has 7 nitrogen and oxygen atoms in total. The molecule has 1 aliphatic rings. The van der Waals surface area contributed by atoms with Crippen LogP contribution >= 0.6 is 0 Å². The highest BCUT2D eigenvalue weighted by Gasteiger charge is 2.34. The highest BCUT2D eigenvalue weighted by Crippen LogP contribution is 2.31. The topological polar surface area (TPSA) is 79.5 Å². The molecule has 0 N–H and O–H groups in total. The van der Waals surface area contributed by atoms with E-state index in [0.717, 1.165) is 11.3 Å². The maximum Gasteiger partial charge on any atom is 0.259 e. The number of sulfonamides is 1. The van der Waals surface area contributed by atoms with Crippen LogP contribution in [0, 0.1) is 6.92 Å². The Morgan fingerprint density at radius 1 is 0.941 bits per heavy atom. The van der Waals surface area contributed by atoms with E-state index in [4.69, 9.17) is 4.52 Å². The van der Waals surface area contributed by atoms with Crippen LogP contribution in [0.25, 0.3) is 22.8 Å². The van der Waals surface area contributed by atoms with Crippen molar-refractivity contribution in [2.75, 3.05) is 24.5 Å². The molecule has 0 bridgehead atoms. The molecular formula is C26H26N4O3S. The number of anilines is 1. The third-order valence-electron chi connectivity index (χ3n) is 6.12. The molecule has 34 heavy (non-hydrogen) atoms. The molecule has 8 heteroatoms. The molecule has 0 aliphatic carbocycles. The maximum atomic E-state index is 13.7. The van der Waals surface area contributed by atoms with E-state index in [1.165, 1.54) is 5.56 Å². The van der Waals surface area contributed by atoms with Gasteiger partial charge in [0, 0.05) is 36.9 Å². The molecule has 2 heterocycles. The van der Waals surface area contributed by atoms with E-state index in [-0.39, 0.29) is 16.8 Å². The predicted molar refractivity (Wildman–Crippen MR) is 132 cm³/mol. The Labute approximate surface area is 199 Å². The molecule has 1 saturated heterocycles. The summed E-state index contributed by atoms with van der Waals surface area (Å²) in [5, 5.41) is 4.06. The van der Waals surface area contributed by atoms with Crippen molar-refractivity contribution in [3.63, 3.8) is 0 Å². The SMILES string of the molecule is Cc1cccc(N2CCN(S(=O)(=O)c3ccccc3-c3nc(-c4ccccc4)no3)C[C@@H]2C)c1. The zero-order valence-corrected chi connectivity index (χ0v) is 19.9. The average molecular weight is 475 g/mol. The quantitative estimate of drug-likeness (QED) is 0.420. The van der Waals surface area contributed by atoms with Crippen LogP contribution < -0.4 is 4.90 Å². The van der Waals surface area contributed by atoms with Gasteiger partial charge in [0.15, 0.2) is 0 Å². The van der Waals surface area contributed by atoms with E-state index in [9.17, 15) is 8.42 Å². The molecule has 5 rings (SSSR count). The molecule has 174 valence electrons. The molecule has 0 spiro atoms. The summed E-state index contributed by atoms with van der Waals surface area (Å²) in [6, 6.07) is 24.6. The van der Waals surface area contributed by atoms with Gasteiger partial charge in [-0.25, -0.2) is 8.42 Å². The largest absolute Gasteiger partial charge is 0.366 e. The first-order valence-corrected chi connectivity index (χ1v) is 12.7. The fraction of sp³-hybridized carbons (Fsp3) is 0.231. The summed E-state index contributed by atoms with van der Waals surface area (Å²) in [5.74, 6) is 0.604. The van der Waals surface area contributed by atoms with Gasteiger partial charge in [0.05, 0.1) is 10.5 Å². The van der Waals surface area contributed by atoms with E-state index in [1.807, 2.05) is 36.4 Å². The summed E-state index contributed by atoms with van der Waals surface area (Å²) < 4.78 is 34.5. The Morgan fingerprint density at radius 3 is 2.47 bits per heavy atom. The van der Waals surface area contributed by atoms with Crippen molar-refractivity contribution >= 4 is 15.7 Å². The highest BCUT2D eigenvalue weighted by atomic mass is 32.2. The van der Waals surface area contributed by atoms with E-state index in [0.29, 0.717) is 31.0 Å². The van der Waals surface area contributed by atoms with Crippen LogP contribution in [-0.2, 0) is 10.0 Å². The predicted octanol–water partition coefficient (Wildman–Crippen LogP) is 4.61. The molecule has 1 aromatic heterocycles. The number of piperazine rings is 1. The first kappa shape index (κ1) is 22.3. The van der Waals surface area contributed by atoms with Gasteiger partial charge in [-0.15, -0.1) is 0 Å². The molecule has 1 atom stereocenters. The van der Waals surface area contributed by atoms with Crippen molar-refractivity contribution in [2.45, 2.75) is 24.8 Å². The molecule has 4 aromatic rings. The second-order valence-corrected chi connectivity index (χ2v) is 10.4. The van der Waals surface area contributed by atoms with Crippen LogP contribution in [0.15, 0.2) is 88.3 Å². The van der Waals surface area contributed by atoms with Gasteiger partial charge in [-0.3, -0.25) is 0 Å². The lowest BCUT2D eigenvalue weighted by Crippen LogP contribution is -2.53. The Hall–Kier alpha value is -3.49. The van der Waals surface area contributed by atoms with Gasteiger partial charge in [-0.2, -0.15) is 9.29 Å². The van der Waals surface area contributed by atoms with Crippen molar-refractivity contribution in [3.05, 3.63) is 84.4 Å². The van der Waals surface area contributed by atoms with Gasteiger partial charge in [-0.1, -0.05) is 59.8 Å². The monoisotopic (exact) mass is 474 g/mol. The van der Waals surface area contributed by atoms with Crippen LogP contribution in [0.3, 0.4) is 0 Å². The second-order valence-electron chi connectivity index (χ2n) is 8.53. The molecular weight excluding hydrogens is 448 g/mol. The minimum atomic E-state index is -3.76. The third kappa shape index (κ3) is 4.22. The van der Waals surface area contributed by atoms with E-state index in [1.54, 1.807) is 28.6 Å². The van der Waals surface area contributed by atoms with Crippen LogP contribution in [-0.4, -0.2) is 48.5 Å². The summed E-state index contributed by atoms with van der Waals surface area (Å²) in [7, 11) is -3.76. The average Bonchev–Trinajstić information content (AvgIpc) is 3.35. The summed E-state index contributed by atoms with van der Waals surface area (Å²) in [6.07, 6.45) is 0. The Balaban J connectivity index is 1.42. The van der Waals surface area contributed by atoms with Crippen LogP contribution in [0.4, 0.5) is 5.69 Å². The molecule has 1 fully saturated rings. The second kappa shape index (κ2) is 9.04. The lowest BCUT2D eigenvalue weighted by atomic mass is 10.1. The number of benzene rings is 3. The highest BCUT2D eigenvalue weighted by molar-refractivity contribution is 7.89. The fourth-order valence-corrected chi connectivity index (χ4v) is 6.07. The number of rotatable bonds is 5. The van der Waals surface area contributed by atoms with Gasteiger partial charge in [0.2, 0.25) is 15.8 Å². The van der Waals surface area contributed by atoms with Crippen LogP contribution in [0.5, 0.6) is 0 Å². The summed E-state index contributed by atoms with van der Waals surface area (Å²) >= 11 is 0. The first-order valence-electron chi connectivity index (χ1n) is 11.3. The van der Waals surface area contributed by atoms with Crippen molar-refractivity contribution in [3.8, 4) is 22.8 Å². The van der Waals surface area contributed by atoms with Gasteiger partial charge >= 0.3 is 0 Å². The zero-order chi connectivity index (χ0) is 23.7. The minimum absolute atomic E-state index is 0.0329. The minimum Gasteiger partial charge on any atom is -0.366 e. The molecule has 0 saturated carbocycles. The standard InChI is InChI=1S/C26H26N4O3S/c1-19-9-8-12-22(17-19)30-16-15-29(18-20(30)2)34(31,32)24-14-7-6-13-23(24)26-27-25(28-33-26)21-10-4-3-5-11-21/h3-14,17,20H,15-16,18H2,1-2H3/t20-/m0/s1. The molecule has 0 radical (unpaired) electrons. The number of nitrogens with zero attached hydrogens (tertiary/aromatic N) is 4. The van der Waals surface area contributed by atoms with E-state index in [2.05, 4.69) is 47.1 Å². The lowest BCUT2D eigenvalue weighted by Gasteiger charge is -2.40. The summed E-state index contributed by atoms with van der Waals surface area (Å²) in [4.78, 5) is 6.91. The van der Waals surface area contributed by atoms with Gasteiger partial charge in [0.25, 0.3) is 5.89 Å². The normalized spacial score (nSPS) is 17.1. The van der Waals surface area contributed by atoms with Crippen LogP contribution in [0.1, 0.15) is 12.5 Å². The van der Waals surface area contributed by atoms with Crippen LogP contribution in [0.2, 0.25) is 0 Å². The zero-order valence-electron chi connectivity index (χ0n) is 19.1. The van der Waals surface area contributed by atoms with Crippen molar-refractivity contribution < 1.29 is 12.9 Å². The molecule has 3 aromatic carbocycles. The summed E-state index contributed by atoms with van der Waals surface area (Å²) in [6.45, 7) is 5.52. The van der Waals surface area contributed by atoms with E-state index < -0.39 is 10.0 Å². The molecule has 0 unspecified atom stereocenters.